The second-order valence-electron chi connectivity index (χ2n) is 8.03. The molecule has 0 bridgehead atoms. The van der Waals surface area contributed by atoms with E-state index in [-0.39, 0.29) is 17.2 Å². The molecule has 1 N–H and O–H groups in total. The number of carbonyl (C=O) groups is 1. The summed E-state index contributed by atoms with van der Waals surface area (Å²) in [5.74, 6) is 1.40. The average Bonchev–Trinajstić information content (AvgIpc) is 3.33. The van der Waals surface area contributed by atoms with Crippen LogP contribution in [0.5, 0.6) is 5.75 Å². The van der Waals surface area contributed by atoms with Gasteiger partial charge in [-0.25, -0.2) is 5.43 Å². The number of hydrogen-bond acceptors (Lipinski definition) is 3. The van der Waals surface area contributed by atoms with Gasteiger partial charge in [-0.05, 0) is 54.0 Å². The Morgan fingerprint density at radius 1 is 1.29 bits per heavy atom. The molecule has 4 rings (SSSR count). The maximum atomic E-state index is 12.5. The largest absolute Gasteiger partial charge is 0.488 e. The lowest BCUT2D eigenvalue weighted by molar-refractivity contribution is -0.123. The number of benzene rings is 2. The molecule has 2 aliphatic rings. The monoisotopic (exact) mass is 396 g/mol. The summed E-state index contributed by atoms with van der Waals surface area (Å²) in [6, 6.07) is 15.2. The quantitative estimate of drug-likeness (QED) is 0.539. The molecule has 2 aliphatic carbocycles. The van der Waals surface area contributed by atoms with Gasteiger partial charge < -0.3 is 4.74 Å². The number of nitrogens with zero attached hydrogens (tertiary/aromatic N) is 1. The number of ether oxygens (including phenoxy) is 1. The molecule has 0 radical (unpaired) electrons. The first-order valence-corrected chi connectivity index (χ1v) is 10.2. The number of nitrogens with one attached hydrogen (secondary N) is 1. The Labute approximate surface area is 170 Å². The Hall–Kier alpha value is -2.33. The zero-order valence-electron chi connectivity index (χ0n) is 16.0. The summed E-state index contributed by atoms with van der Waals surface area (Å²) >= 11 is 6.02. The summed E-state index contributed by atoms with van der Waals surface area (Å²) in [5.41, 5.74) is 4.75. The highest BCUT2D eigenvalue weighted by atomic mass is 35.5. The van der Waals surface area contributed by atoms with Crippen LogP contribution in [0.25, 0.3) is 0 Å². The SMILES string of the molecule is C[C@]12CCCC[C@@H]1[C@@H]2C(=O)N/N=C\c1ccccc1OCc1cccc(Cl)c1. The van der Waals surface area contributed by atoms with Gasteiger partial charge in [0.2, 0.25) is 5.91 Å². The molecule has 2 fully saturated rings. The van der Waals surface area contributed by atoms with Crippen LogP contribution in [0, 0.1) is 17.3 Å². The van der Waals surface area contributed by atoms with Crippen molar-refractivity contribution in [3.05, 3.63) is 64.7 Å². The van der Waals surface area contributed by atoms with Crippen molar-refractivity contribution in [2.75, 3.05) is 0 Å². The van der Waals surface area contributed by atoms with Gasteiger partial charge in [-0.15, -0.1) is 0 Å². The lowest BCUT2D eigenvalue weighted by Gasteiger charge is -2.15. The minimum Gasteiger partial charge on any atom is -0.488 e. The van der Waals surface area contributed by atoms with Crippen molar-refractivity contribution in [3.8, 4) is 5.75 Å². The van der Waals surface area contributed by atoms with E-state index in [0.29, 0.717) is 23.3 Å². The fraction of sp³-hybridized carbons (Fsp3) is 0.391. The van der Waals surface area contributed by atoms with Crippen LogP contribution in [0.4, 0.5) is 0 Å². The number of rotatable bonds is 6. The van der Waals surface area contributed by atoms with Gasteiger partial charge in [-0.3, -0.25) is 4.79 Å². The summed E-state index contributed by atoms with van der Waals surface area (Å²) in [7, 11) is 0. The zero-order valence-corrected chi connectivity index (χ0v) is 16.8. The second-order valence-corrected chi connectivity index (χ2v) is 8.46. The van der Waals surface area contributed by atoms with Crippen LogP contribution in [0.3, 0.4) is 0 Å². The summed E-state index contributed by atoms with van der Waals surface area (Å²) < 4.78 is 5.93. The predicted octanol–water partition coefficient (Wildman–Crippen LogP) is 5.20. The predicted molar refractivity (Wildman–Crippen MR) is 112 cm³/mol. The molecule has 3 atom stereocenters. The number of para-hydroxylation sites is 1. The number of hydrogen-bond donors (Lipinski definition) is 1. The van der Waals surface area contributed by atoms with Gasteiger partial charge in [-0.1, -0.05) is 55.6 Å². The Bertz CT molecular complexity index is 898. The molecule has 0 saturated heterocycles. The first-order chi connectivity index (χ1) is 13.6. The molecular weight excluding hydrogens is 372 g/mol. The van der Waals surface area contributed by atoms with E-state index in [1.165, 1.54) is 19.3 Å². The summed E-state index contributed by atoms with van der Waals surface area (Å²) in [4.78, 5) is 12.5. The van der Waals surface area contributed by atoms with Crippen molar-refractivity contribution in [2.45, 2.75) is 39.2 Å². The van der Waals surface area contributed by atoms with Gasteiger partial charge in [0.05, 0.1) is 6.21 Å². The van der Waals surface area contributed by atoms with E-state index >= 15 is 0 Å². The molecule has 2 aromatic rings. The van der Waals surface area contributed by atoms with E-state index in [1.807, 2.05) is 48.5 Å². The van der Waals surface area contributed by atoms with E-state index in [1.54, 1.807) is 6.21 Å². The minimum absolute atomic E-state index is 0.0444. The molecule has 0 heterocycles. The van der Waals surface area contributed by atoms with Crippen LogP contribution >= 0.6 is 11.6 Å². The number of hydrazone groups is 1. The van der Waals surface area contributed by atoms with Gasteiger partial charge in [0.25, 0.3) is 0 Å². The molecule has 0 spiro atoms. The lowest BCUT2D eigenvalue weighted by Crippen LogP contribution is -2.22. The Morgan fingerprint density at radius 2 is 2.14 bits per heavy atom. The van der Waals surface area contributed by atoms with Gasteiger partial charge >= 0.3 is 0 Å². The van der Waals surface area contributed by atoms with Crippen LogP contribution in [-0.4, -0.2) is 12.1 Å². The van der Waals surface area contributed by atoms with Crippen molar-refractivity contribution in [3.63, 3.8) is 0 Å². The van der Waals surface area contributed by atoms with Gasteiger partial charge in [0.1, 0.15) is 12.4 Å². The fourth-order valence-corrected chi connectivity index (χ4v) is 4.80. The van der Waals surface area contributed by atoms with E-state index in [2.05, 4.69) is 17.5 Å². The summed E-state index contributed by atoms with van der Waals surface area (Å²) in [6.07, 6.45) is 6.44. The minimum atomic E-state index is 0.0444. The van der Waals surface area contributed by atoms with Gasteiger partial charge in [0.15, 0.2) is 0 Å². The molecule has 0 unspecified atom stereocenters. The van der Waals surface area contributed by atoms with E-state index < -0.39 is 0 Å². The van der Waals surface area contributed by atoms with Gasteiger partial charge in [0, 0.05) is 16.5 Å². The zero-order chi connectivity index (χ0) is 19.6. The first kappa shape index (κ1) is 19.0. The number of fused-ring (bicyclic) bond motifs is 1. The van der Waals surface area contributed by atoms with Crippen molar-refractivity contribution in [1.82, 2.24) is 5.43 Å². The number of amides is 1. The van der Waals surface area contributed by atoms with E-state index in [0.717, 1.165) is 17.5 Å². The van der Waals surface area contributed by atoms with Crippen LogP contribution in [0.2, 0.25) is 5.02 Å². The number of halogens is 1. The standard InChI is InChI=1S/C23H25ClN2O2/c1-23-12-5-4-10-19(23)21(23)22(27)26-25-14-17-8-2-3-11-20(17)28-15-16-7-6-9-18(24)13-16/h2-3,6-9,11,13-14,19,21H,4-5,10,12,15H2,1H3,(H,26,27)/b25-14-/t19-,21-,23+/m1/s1. The molecule has 0 aromatic heterocycles. The number of carbonyl (C=O) groups excluding carboxylic acids is 1. The van der Waals surface area contributed by atoms with Crippen LogP contribution in [0.1, 0.15) is 43.7 Å². The summed E-state index contributed by atoms with van der Waals surface area (Å²) in [6.45, 7) is 2.66. The first-order valence-electron chi connectivity index (χ1n) is 9.87. The van der Waals surface area contributed by atoms with Crippen LogP contribution in [-0.2, 0) is 11.4 Å². The second kappa shape index (κ2) is 7.96. The normalized spacial score (nSPS) is 25.9. The highest BCUT2D eigenvalue weighted by Gasteiger charge is 2.64. The highest BCUT2D eigenvalue weighted by Crippen LogP contribution is 2.66. The molecule has 5 heteroatoms. The molecule has 28 heavy (non-hydrogen) atoms. The third kappa shape index (κ3) is 3.93. The maximum absolute atomic E-state index is 12.5. The Kier molecular flexibility index (Phi) is 5.40. The van der Waals surface area contributed by atoms with Crippen molar-refractivity contribution >= 4 is 23.7 Å². The van der Waals surface area contributed by atoms with Crippen molar-refractivity contribution < 1.29 is 9.53 Å². The van der Waals surface area contributed by atoms with E-state index in [9.17, 15) is 4.79 Å². The average molecular weight is 397 g/mol. The highest BCUT2D eigenvalue weighted by molar-refractivity contribution is 6.30. The fourth-order valence-electron chi connectivity index (χ4n) is 4.59. The van der Waals surface area contributed by atoms with Crippen molar-refractivity contribution in [1.29, 1.82) is 0 Å². The third-order valence-corrected chi connectivity index (χ3v) is 6.43. The maximum Gasteiger partial charge on any atom is 0.244 e. The van der Waals surface area contributed by atoms with Crippen LogP contribution < -0.4 is 10.2 Å². The molecule has 0 aliphatic heterocycles. The van der Waals surface area contributed by atoms with Crippen LogP contribution in [0.15, 0.2) is 53.6 Å². The Morgan fingerprint density at radius 3 is 2.93 bits per heavy atom. The smallest absolute Gasteiger partial charge is 0.244 e. The summed E-state index contributed by atoms with van der Waals surface area (Å²) in [5, 5.41) is 4.88. The third-order valence-electron chi connectivity index (χ3n) is 6.19. The molecule has 2 aromatic carbocycles. The molecule has 1 amide bonds. The molecule has 146 valence electrons. The van der Waals surface area contributed by atoms with E-state index in [4.69, 9.17) is 16.3 Å². The van der Waals surface area contributed by atoms with Crippen molar-refractivity contribution in [2.24, 2.45) is 22.4 Å². The Balaban J connectivity index is 1.36. The van der Waals surface area contributed by atoms with Gasteiger partial charge in [-0.2, -0.15) is 5.10 Å². The topological polar surface area (TPSA) is 50.7 Å². The molecule has 4 nitrogen and oxygen atoms in total. The lowest BCUT2D eigenvalue weighted by atomic mass is 9.90. The molecule has 2 saturated carbocycles. The molecular formula is C23H25ClN2O2.